The topological polar surface area (TPSA) is 78.8 Å². The zero-order valence-corrected chi connectivity index (χ0v) is 11.3. The highest BCUT2D eigenvalue weighted by atomic mass is 15.3. The van der Waals surface area contributed by atoms with Crippen molar-refractivity contribution in [2.75, 3.05) is 17.2 Å². The monoisotopic (exact) mass is 265 g/mol. The smallest absolute Gasteiger partial charge is 0.227 e. The molecule has 1 aromatic carbocycles. The van der Waals surface area contributed by atoms with Crippen molar-refractivity contribution < 1.29 is 0 Å². The quantitative estimate of drug-likeness (QED) is 0.795. The third-order valence-corrected chi connectivity index (χ3v) is 3.54. The SMILES string of the molecule is Cc1cc(C#N)nc(N2CCc3c(N)cccc3C2)n1. The van der Waals surface area contributed by atoms with Crippen LogP contribution in [0.5, 0.6) is 0 Å². The van der Waals surface area contributed by atoms with Gasteiger partial charge < -0.3 is 10.6 Å². The van der Waals surface area contributed by atoms with Crippen molar-refractivity contribution in [3.63, 3.8) is 0 Å². The first-order valence-electron chi connectivity index (χ1n) is 6.54. The minimum atomic E-state index is 0.408. The van der Waals surface area contributed by atoms with Crippen molar-refractivity contribution in [3.05, 3.63) is 46.8 Å². The summed E-state index contributed by atoms with van der Waals surface area (Å²) in [5, 5.41) is 9.00. The molecule has 0 atom stereocenters. The molecule has 5 heteroatoms. The zero-order chi connectivity index (χ0) is 14.1. The van der Waals surface area contributed by atoms with E-state index in [1.54, 1.807) is 6.07 Å². The Labute approximate surface area is 117 Å². The van der Waals surface area contributed by atoms with Gasteiger partial charge >= 0.3 is 0 Å². The number of nitriles is 1. The van der Waals surface area contributed by atoms with E-state index in [2.05, 4.69) is 27.0 Å². The van der Waals surface area contributed by atoms with E-state index in [9.17, 15) is 0 Å². The molecule has 20 heavy (non-hydrogen) atoms. The molecule has 0 spiro atoms. The second-order valence-electron chi connectivity index (χ2n) is 4.96. The predicted molar refractivity (Wildman–Crippen MR) is 77.1 cm³/mol. The number of rotatable bonds is 1. The molecule has 1 aliphatic rings. The molecule has 1 aromatic heterocycles. The first-order valence-corrected chi connectivity index (χ1v) is 6.54. The Bertz CT molecular complexity index is 702. The lowest BCUT2D eigenvalue weighted by atomic mass is 9.98. The lowest BCUT2D eigenvalue weighted by molar-refractivity contribution is 0.706. The normalized spacial score (nSPS) is 13.7. The van der Waals surface area contributed by atoms with E-state index in [1.165, 1.54) is 11.1 Å². The summed E-state index contributed by atoms with van der Waals surface area (Å²) in [6.45, 7) is 3.42. The number of aryl methyl sites for hydroxylation is 1. The van der Waals surface area contributed by atoms with Crippen LogP contribution in [0.1, 0.15) is 22.5 Å². The third kappa shape index (κ3) is 2.16. The second kappa shape index (κ2) is 4.82. The van der Waals surface area contributed by atoms with Crippen LogP contribution in [-0.4, -0.2) is 16.5 Å². The van der Waals surface area contributed by atoms with E-state index in [1.807, 2.05) is 19.1 Å². The lowest BCUT2D eigenvalue weighted by Crippen LogP contribution is -2.32. The van der Waals surface area contributed by atoms with Crippen LogP contribution in [0.15, 0.2) is 24.3 Å². The number of benzene rings is 1. The van der Waals surface area contributed by atoms with Crippen LogP contribution in [-0.2, 0) is 13.0 Å². The molecule has 3 rings (SSSR count). The van der Waals surface area contributed by atoms with Gasteiger partial charge in [-0.1, -0.05) is 12.1 Å². The maximum Gasteiger partial charge on any atom is 0.227 e. The summed E-state index contributed by atoms with van der Waals surface area (Å²) in [6, 6.07) is 9.76. The van der Waals surface area contributed by atoms with Crippen molar-refractivity contribution in [2.24, 2.45) is 0 Å². The Hall–Kier alpha value is -2.61. The molecule has 2 N–H and O–H groups in total. The minimum Gasteiger partial charge on any atom is -0.398 e. The predicted octanol–water partition coefficient (Wildman–Crippen LogP) is 1.80. The summed E-state index contributed by atoms with van der Waals surface area (Å²) >= 11 is 0. The molecule has 1 aliphatic heterocycles. The van der Waals surface area contributed by atoms with E-state index < -0.39 is 0 Å². The number of aromatic nitrogens is 2. The average Bonchev–Trinajstić information content (AvgIpc) is 2.46. The Morgan fingerprint density at radius 2 is 2.20 bits per heavy atom. The van der Waals surface area contributed by atoms with Gasteiger partial charge in [-0.25, -0.2) is 9.97 Å². The summed E-state index contributed by atoms with van der Waals surface area (Å²) in [4.78, 5) is 10.8. The molecular formula is C15H15N5. The van der Waals surface area contributed by atoms with Crippen LogP contribution < -0.4 is 10.6 Å². The maximum atomic E-state index is 9.00. The maximum absolute atomic E-state index is 9.00. The third-order valence-electron chi connectivity index (χ3n) is 3.54. The number of nitrogens with two attached hydrogens (primary N) is 1. The summed E-state index contributed by atoms with van der Waals surface area (Å²) in [6.07, 6.45) is 0.876. The van der Waals surface area contributed by atoms with Crippen LogP contribution in [0.4, 0.5) is 11.6 Å². The Morgan fingerprint density at radius 3 is 3.00 bits per heavy atom. The molecule has 2 aromatic rings. The number of anilines is 2. The number of nitrogens with zero attached hydrogens (tertiary/aromatic N) is 4. The first-order chi connectivity index (χ1) is 9.67. The highest BCUT2D eigenvalue weighted by Gasteiger charge is 2.20. The fraction of sp³-hybridized carbons (Fsp3) is 0.267. The molecule has 0 fully saturated rings. The van der Waals surface area contributed by atoms with Gasteiger partial charge in [0.2, 0.25) is 5.95 Å². The fourth-order valence-electron chi connectivity index (χ4n) is 2.56. The van der Waals surface area contributed by atoms with E-state index in [-0.39, 0.29) is 0 Å². The standard InChI is InChI=1S/C15H15N5/c1-10-7-12(8-16)19-15(18-10)20-6-5-13-11(9-20)3-2-4-14(13)17/h2-4,7H,5-6,9,17H2,1H3. The van der Waals surface area contributed by atoms with E-state index in [0.717, 1.165) is 30.9 Å². The van der Waals surface area contributed by atoms with Crippen LogP contribution in [0.3, 0.4) is 0 Å². The van der Waals surface area contributed by atoms with Crippen LogP contribution in [0.25, 0.3) is 0 Å². The number of hydrogen-bond donors (Lipinski definition) is 1. The number of hydrogen-bond acceptors (Lipinski definition) is 5. The highest BCUT2D eigenvalue weighted by Crippen LogP contribution is 2.26. The van der Waals surface area contributed by atoms with Crippen molar-refractivity contribution in [1.29, 1.82) is 5.26 Å². The van der Waals surface area contributed by atoms with E-state index in [4.69, 9.17) is 11.0 Å². The average molecular weight is 265 g/mol. The lowest BCUT2D eigenvalue weighted by Gasteiger charge is -2.29. The molecule has 0 saturated carbocycles. The minimum absolute atomic E-state index is 0.408. The van der Waals surface area contributed by atoms with Gasteiger partial charge in [-0.2, -0.15) is 5.26 Å². The van der Waals surface area contributed by atoms with Gasteiger partial charge in [0.15, 0.2) is 0 Å². The van der Waals surface area contributed by atoms with Gasteiger partial charge in [-0.05, 0) is 36.6 Å². The summed E-state index contributed by atoms with van der Waals surface area (Å²) in [5.41, 5.74) is 10.5. The zero-order valence-electron chi connectivity index (χ0n) is 11.3. The van der Waals surface area contributed by atoms with E-state index in [0.29, 0.717) is 11.6 Å². The molecule has 0 radical (unpaired) electrons. The number of nitrogen functional groups attached to an aromatic ring is 1. The van der Waals surface area contributed by atoms with Gasteiger partial charge in [0.05, 0.1) is 0 Å². The van der Waals surface area contributed by atoms with Crippen molar-refractivity contribution >= 4 is 11.6 Å². The van der Waals surface area contributed by atoms with Gasteiger partial charge in [0.25, 0.3) is 0 Å². The van der Waals surface area contributed by atoms with Gasteiger partial charge in [-0.15, -0.1) is 0 Å². The van der Waals surface area contributed by atoms with Gasteiger partial charge in [-0.3, -0.25) is 0 Å². The Balaban J connectivity index is 1.95. The first kappa shape index (κ1) is 12.4. The molecule has 0 saturated heterocycles. The summed E-state index contributed by atoms with van der Waals surface area (Å²) < 4.78 is 0. The molecule has 0 unspecified atom stereocenters. The molecule has 0 aliphatic carbocycles. The molecule has 5 nitrogen and oxygen atoms in total. The van der Waals surface area contributed by atoms with Gasteiger partial charge in [0.1, 0.15) is 11.8 Å². The molecule has 0 amide bonds. The number of fused-ring (bicyclic) bond motifs is 1. The van der Waals surface area contributed by atoms with Gasteiger partial charge in [0, 0.05) is 24.5 Å². The summed E-state index contributed by atoms with van der Waals surface area (Å²) in [7, 11) is 0. The fourth-order valence-corrected chi connectivity index (χ4v) is 2.56. The van der Waals surface area contributed by atoms with Crippen molar-refractivity contribution in [3.8, 4) is 6.07 Å². The molecule has 2 heterocycles. The van der Waals surface area contributed by atoms with E-state index >= 15 is 0 Å². The summed E-state index contributed by atoms with van der Waals surface area (Å²) in [5.74, 6) is 0.620. The Morgan fingerprint density at radius 1 is 1.35 bits per heavy atom. The molecule has 0 bridgehead atoms. The van der Waals surface area contributed by atoms with Crippen LogP contribution in [0, 0.1) is 18.3 Å². The van der Waals surface area contributed by atoms with Crippen molar-refractivity contribution in [2.45, 2.75) is 19.9 Å². The highest BCUT2D eigenvalue weighted by molar-refractivity contribution is 5.54. The largest absolute Gasteiger partial charge is 0.398 e. The second-order valence-corrected chi connectivity index (χ2v) is 4.96. The van der Waals surface area contributed by atoms with Crippen LogP contribution >= 0.6 is 0 Å². The Kier molecular flexibility index (Phi) is 2.99. The van der Waals surface area contributed by atoms with Crippen molar-refractivity contribution in [1.82, 2.24) is 9.97 Å². The molecule has 100 valence electrons. The molecular weight excluding hydrogens is 250 g/mol. The van der Waals surface area contributed by atoms with Crippen LogP contribution in [0.2, 0.25) is 0 Å².